The summed E-state index contributed by atoms with van der Waals surface area (Å²) in [5.41, 5.74) is 1.30. The molecule has 90 valence electrons. The molecule has 0 fully saturated rings. The first-order valence-electron chi connectivity index (χ1n) is 5.24. The van der Waals surface area contributed by atoms with E-state index in [1.54, 1.807) is 7.11 Å². The van der Waals surface area contributed by atoms with E-state index in [1.807, 2.05) is 6.07 Å². The molecular formula is C12H17BrClNO. The topological polar surface area (TPSA) is 12.5 Å². The molecule has 1 aromatic rings. The van der Waals surface area contributed by atoms with E-state index in [0.717, 1.165) is 29.7 Å². The average Bonchev–Trinajstić information content (AvgIpc) is 2.27. The average molecular weight is 307 g/mol. The normalized spacial score (nSPS) is 10.8. The predicted octanol–water partition coefficient (Wildman–Crippen LogP) is 3.17. The Morgan fingerprint density at radius 1 is 1.38 bits per heavy atom. The van der Waals surface area contributed by atoms with Crippen LogP contribution in [0.4, 0.5) is 0 Å². The van der Waals surface area contributed by atoms with Gasteiger partial charge in [0.1, 0.15) is 5.75 Å². The first kappa shape index (κ1) is 13.8. The van der Waals surface area contributed by atoms with Crippen molar-refractivity contribution in [3.63, 3.8) is 0 Å². The van der Waals surface area contributed by atoms with Crippen LogP contribution in [0.15, 0.2) is 22.7 Å². The number of halogens is 2. The van der Waals surface area contributed by atoms with Crippen LogP contribution in [-0.4, -0.2) is 38.0 Å². The van der Waals surface area contributed by atoms with Crippen LogP contribution in [0.1, 0.15) is 5.56 Å². The van der Waals surface area contributed by atoms with Crippen molar-refractivity contribution in [2.24, 2.45) is 0 Å². The quantitative estimate of drug-likeness (QED) is 0.749. The molecule has 1 rings (SSSR count). The van der Waals surface area contributed by atoms with Crippen LogP contribution in [0.3, 0.4) is 0 Å². The first-order valence-corrected chi connectivity index (χ1v) is 6.57. The molecule has 0 aliphatic carbocycles. The van der Waals surface area contributed by atoms with Crippen LogP contribution in [-0.2, 0) is 6.42 Å². The van der Waals surface area contributed by atoms with E-state index < -0.39 is 0 Å². The molecule has 0 spiro atoms. The van der Waals surface area contributed by atoms with Crippen molar-refractivity contribution in [1.29, 1.82) is 0 Å². The Balaban J connectivity index is 2.51. The van der Waals surface area contributed by atoms with Gasteiger partial charge in [-0.05, 0) is 47.1 Å². The molecule has 4 heteroatoms. The summed E-state index contributed by atoms with van der Waals surface area (Å²) >= 11 is 9.16. The zero-order chi connectivity index (χ0) is 12.0. The van der Waals surface area contributed by atoms with Crippen LogP contribution < -0.4 is 4.74 Å². The lowest BCUT2D eigenvalue weighted by atomic mass is 10.1. The standard InChI is InChI=1S/C12H17BrClNO/c1-15(8-6-14)7-5-10-3-4-12(16-2)11(13)9-10/h3-4,9H,5-8H2,1-2H3. The van der Waals surface area contributed by atoms with Crippen LogP contribution in [0.5, 0.6) is 5.75 Å². The summed E-state index contributed by atoms with van der Waals surface area (Å²) in [5, 5.41) is 0. The lowest BCUT2D eigenvalue weighted by molar-refractivity contribution is 0.359. The molecule has 1 aromatic carbocycles. The van der Waals surface area contributed by atoms with Crippen molar-refractivity contribution in [3.05, 3.63) is 28.2 Å². The van der Waals surface area contributed by atoms with Crippen molar-refractivity contribution in [3.8, 4) is 5.75 Å². The molecule has 0 atom stereocenters. The molecule has 0 saturated carbocycles. The third kappa shape index (κ3) is 4.32. The zero-order valence-electron chi connectivity index (χ0n) is 9.67. The largest absolute Gasteiger partial charge is 0.496 e. The Morgan fingerprint density at radius 2 is 2.12 bits per heavy atom. The van der Waals surface area contributed by atoms with Gasteiger partial charge >= 0.3 is 0 Å². The summed E-state index contributed by atoms with van der Waals surface area (Å²) < 4.78 is 6.20. The van der Waals surface area contributed by atoms with Crippen LogP contribution in [0.25, 0.3) is 0 Å². The lowest BCUT2D eigenvalue weighted by Crippen LogP contribution is -2.23. The molecule has 16 heavy (non-hydrogen) atoms. The van der Waals surface area contributed by atoms with Gasteiger partial charge in [0.15, 0.2) is 0 Å². The van der Waals surface area contributed by atoms with Crippen molar-refractivity contribution in [1.82, 2.24) is 4.90 Å². The van der Waals surface area contributed by atoms with E-state index in [1.165, 1.54) is 5.56 Å². The number of ether oxygens (including phenoxy) is 1. The smallest absolute Gasteiger partial charge is 0.133 e. The van der Waals surface area contributed by atoms with Crippen molar-refractivity contribution < 1.29 is 4.74 Å². The van der Waals surface area contributed by atoms with Crippen LogP contribution >= 0.6 is 27.5 Å². The first-order chi connectivity index (χ1) is 7.67. The summed E-state index contributed by atoms with van der Waals surface area (Å²) in [5.74, 6) is 1.56. The third-order valence-electron chi connectivity index (χ3n) is 2.46. The van der Waals surface area contributed by atoms with Crippen molar-refractivity contribution in [2.75, 3.05) is 33.1 Å². The molecule has 0 saturated heterocycles. The third-order valence-corrected chi connectivity index (χ3v) is 3.25. The Morgan fingerprint density at radius 3 is 2.69 bits per heavy atom. The zero-order valence-corrected chi connectivity index (χ0v) is 12.0. The number of alkyl halides is 1. The molecule has 0 aliphatic heterocycles. The molecule has 2 nitrogen and oxygen atoms in total. The minimum Gasteiger partial charge on any atom is -0.496 e. The molecule has 0 bridgehead atoms. The number of nitrogens with zero attached hydrogens (tertiary/aromatic N) is 1. The Bertz CT molecular complexity index is 333. The summed E-state index contributed by atoms with van der Waals surface area (Å²) in [6, 6.07) is 6.19. The maximum absolute atomic E-state index is 5.68. The highest BCUT2D eigenvalue weighted by Gasteiger charge is 2.03. The number of hydrogen-bond donors (Lipinski definition) is 0. The van der Waals surface area contributed by atoms with Crippen LogP contribution in [0.2, 0.25) is 0 Å². The van der Waals surface area contributed by atoms with Crippen LogP contribution in [0, 0.1) is 0 Å². The summed E-state index contributed by atoms with van der Waals surface area (Å²) in [6.45, 7) is 1.95. The van der Waals surface area contributed by atoms with Gasteiger partial charge in [-0.25, -0.2) is 0 Å². The van der Waals surface area contributed by atoms with E-state index >= 15 is 0 Å². The van der Waals surface area contributed by atoms with Crippen molar-refractivity contribution >= 4 is 27.5 Å². The van der Waals surface area contributed by atoms with Gasteiger partial charge < -0.3 is 9.64 Å². The second kappa shape index (κ2) is 7.15. The van der Waals surface area contributed by atoms with Gasteiger partial charge in [-0.15, -0.1) is 11.6 Å². The number of likely N-dealkylation sites (N-methyl/N-ethyl adjacent to an activating group) is 1. The molecular weight excluding hydrogens is 289 g/mol. The van der Waals surface area contributed by atoms with Gasteiger partial charge in [-0.3, -0.25) is 0 Å². The Hall–Kier alpha value is -0.250. The maximum atomic E-state index is 5.68. The SMILES string of the molecule is COc1ccc(CCN(C)CCCl)cc1Br. The van der Waals surface area contributed by atoms with E-state index in [4.69, 9.17) is 16.3 Å². The van der Waals surface area contributed by atoms with Gasteiger partial charge in [0.05, 0.1) is 11.6 Å². The minimum atomic E-state index is 0.683. The van der Waals surface area contributed by atoms with E-state index in [-0.39, 0.29) is 0 Å². The minimum absolute atomic E-state index is 0.683. The highest BCUT2D eigenvalue weighted by atomic mass is 79.9. The summed E-state index contributed by atoms with van der Waals surface area (Å²) in [4.78, 5) is 2.23. The fourth-order valence-corrected chi connectivity index (χ4v) is 2.32. The van der Waals surface area contributed by atoms with Gasteiger partial charge in [-0.2, -0.15) is 0 Å². The highest BCUT2D eigenvalue weighted by Crippen LogP contribution is 2.25. The molecule has 0 radical (unpaired) electrons. The number of rotatable bonds is 6. The Kier molecular flexibility index (Phi) is 6.17. The van der Waals surface area contributed by atoms with Gasteiger partial charge in [-0.1, -0.05) is 6.07 Å². The van der Waals surface area contributed by atoms with E-state index in [9.17, 15) is 0 Å². The second-order valence-corrected chi connectivity index (χ2v) is 4.94. The van der Waals surface area contributed by atoms with Gasteiger partial charge in [0.2, 0.25) is 0 Å². The van der Waals surface area contributed by atoms with E-state index in [2.05, 4.69) is 40.0 Å². The molecule has 0 aromatic heterocycles. The summed E-state index contributed by atoms with van der Waals surface area (Å²) in [6.07, 6.45) is 1.02. The summed E-state index contributed by atoms with van der Waals surface area (Å²) in [7, 11) is 3.76. The fraction of sp³-hybridized carbons (Fsp3) is 0.500. The van der Waals surface area contributed by atoms with Gasteiger partial charge in [0, 0.05) is 19.0 Å². The highest BCUT2D eigenvalue weighted by molar-refractivity contribution is 9.10. The molecule has 0 amide bonds. The van der Waals surface area contributed by atoms with Gasteiger partial charge in [0.25, 0.3) is 0 Å². The van der Waals surface area contributed by atoms with E-state index in [0.29, 0.717) is 5.88 Å². The molecule has 0 aliphatic rings. The second-order valence-electron chi connectivity index (χ2n) is 3.71. The lowest BCUT2D eigenvalue weighted by Gasteiger charge is -2.15. The molecule has 0 N–H and O–H groups in total. The fourth-order valence-electron chi connectivity index (χ4n) is 1.44. The predicted molar refractivity (Wildman–Crippen MR) is 72.6 cm³/mol. The number of benzene rings is 1. The maximum Gasteiger partial charge on any atom is 0.133 e. The number of hydrogen-bond acceptors (Lipinski definition) is 2. The monoisotopic (exact) mass is 305 g/mol. The number of methoxy groups -OCH3 is 1. The molecule has 0 unspecified atom stereocenters. The Labute approximate surface area is 111 Å². The van der Waals surface area contributed by atoms with Crippen molar-refractivity contribution in [2.45, 2.75) is 6.42 Å². The molecule has 0 heterocycles.